The molecule has 0 spiro atoms. The maximum Gasteiger partial charge on any atom is 0.447 e. The van der Waals surface area contributed by atoms with Gasteiger partial charge in [-0.3, -0.25) is 0 Å². The molecule has 2 heterocycles. The van der Waals surface area contributed by atoms with Crippen LogP contribution in [-0.2, 0) is 0 Å². The highest BCUT2D eigenvalue weighted by molar-refractivity contribution is 4.86. The van der Waals surface area contributed by atoms with Crippen molar-refractivity contribution in [3.05, 3.63) is 73.6 Å². The first-order valence-corrected chi connectivity index (χ1v) is 4.50. The van der Waals surface area contributed by atoms with Gasteiger partial charge in [0.25, 0.3) is 0 Å². The first-order chi connectivity index (χ1) is 6.88. The number of rotatable bonds is 2. The first kappa shape index (κ1) is 8.63. The maximum absolute atomic E-state index is 4.02. The highest BCUT2D eigenvalue weighted by Crippen LogP contribution is 1.82. The van der Waals surface area contributed by atoms with Gasteiger partial charge in [-0.05, 0) is 0 Å². The summed E-state index contributed by atoms with van der Waals surface area (Å²) in [7, 11) is 0. The van der Waals surface area contributed by atoms with Crippen molar-refractivity contribution < 1.29 is 9.13 Å². The molecule has 14 heavy (non-hydrogen) atoms. The standard InChI is InChI=1S/C12H12N2/c1-12(13-8-4-2-5-9-13)14-10-6-3-7-11-14/h2-11H,1H2/q+2. The number of nitrogens with zero attached hydrogens (tertiary/aromatic N) is 2. The van der Waals surface area contributed by atoms with Crippen molar-refractivity contribution in [3.63, 3.8) is 0 Å². The Balaban J connectivity index is 2.35. The molecule has 0 amide bonds. The molecule has 2 aromatic rings. The topological polar surface area (TPSA) is 7.76 Å². The fourth-order valence-corrected chi connectivity index (χ4v) is 1.27. The average molecular weight is 184 g/mol. The van der Waals surface area contributed by atoms with E-state index in [1.165, 1.54) is 0 Å². The third kappa shape index (κ3) is 1.69. The molecule has 2 rings (SSSR count). The van der Waals surface area contributed by atoms with E-state index in [2.05, 4.69) is 6.58 Å². The normalized spacial score (nSPS) is 9.71. The monoisotopic (exact) mass is 184 g/mol. The van der Waals surface area contributed by atoms with Crippen molar-refractivity contribution in [3.8, 4) is 0 Å². The van der Waals surface area contributed by atoms with Gasteiger partial charge in [0.1, 0.15) is 0 Å². The summed E-state index contributed by atoms with van der Waals surface area (Å²) in [5.41, 5.74) is 0. The summed E-state index contributed by atoms with van der Waals surface area (Å²) in [6.07, 6.45) is 7.90. The average Bonchev–Trinajstić information content (AvgIpc) is 2.30. The minimum absolute atomic E-state index is 0.909. The van der Waals surface area contributed by atoms with E-state index in [1.54, 1.807) is 0 Å². The zero-order chi connectivity index (χ0) is 9.80. The summed E-state index contributed by atoms with van der Waals surface area (Å²) >= 11 is 0. The zero-order valence-electron chi connectivity index (χ0n) is 7.88. The molecule has 0 aliphatic carbocycles. The molecule has 0 radical (unpaired) electrons. The molecule has 2 heteroatoms. The molecule has 0 aliphatic heterocycles. The van der Waals surface area contributed by atoms with E-state index in [0.29, 0.717) is 0 Å². The first-order valence-electron chi connectivity index (χ1n) is 4.50. The molecular weight excluding hydrogens is 172 g/mol. The van der Waals surface area contributed by atoms with E-state index in [0.717, 1.165) is 5.82 Å². The molecule has 0 aliphatic rings. The maximum atomic E-state index is 4.02. The fourth-order valence-electron chi connectivity index (χ4n) is 1.27. The van der Waals surface area contributed by atoms with Gasteiger partial charge in [0.15, 0.2) is 24.8 Å². The van der Waals surface area contributed by atoms with Crippen molar-refractivity contribution in [1.82, 2.24) is 0 Å². The van der Waals surface area contributed by atoms with Crippen molar-refractivity contribution in [2.45, 2.75) is 0 Å². The van der Waals surface area contributed by atoms with Gasteiger partial charge in [-0.25, -0.2) is 0 Å². The van der Waals surface area contributed by atoms with Gasteiger partial charge in [-0.1, -0.05) is 12.1 Å². The fraction of sp³-hybridized carbons (Fsp3) is 0. The lowest BCUT2D eigenvalue weighted by Crippen LogP contribution is -2.51. The summed E-state index contributed by atoms with van der Waals surface area (Å²) in [6.45, 7) is 4.02. The Morgan fingerprint density at radius 3 is 1.36 bits per heavy atom. The summed E-state index contributed by atoms with van der Waals surface area (Å²) in [4.78, 5) is 0. The van der Waals surface area contributed by atoms with Gasteiger partial charge in [0.2, 0.25) is 0 Å². The van der Waals surface area contributed by atoms with Crippen LogP contribution in [0, 0.1) is 5.82 Å². The lowest BCUT2D eigenvalue weighted by molar-refractivity contribution is -0.836. The van der Waals surface area contributed by atoms with Gasteiger partial charge in [0.05, 0.1) is 0 Å². The largest absolute Gasteiger partial charge is 0.447 e. The minimum atomic E-state index is 0.909. The molecule has 0 aromatic carbocycles. The molecule has 68 valence electrons. The van der Waals surface area contributed by atoms with E-state index >= 15 is 0 Å². The predicted molar refractivity (Wildman–Crippen MR) is 52.9 cm³/mol. The molecular formula is C12H12N2+2. The highest BCUT2D eigenvalue weighted by atomic mass is 15.1. The Kier molecular flexibility index (Phi) is 2.36. The predicted octanol–water partition coefficient (Wildman–Crippen LogP) is 1.06. The summed E-state index contributed by atoms with van der Waals surface area (Å²) in [5, 5.41) is 0. The molecule has 2 nitrogen and oxygen atoms in total. The second kappa shape index (κ2) is 3.83. The second-order valence-electron chi connectivity index (χ2n) is 2.98. The minimum Gasteiger partial charge on any atom is -0.112 e. The number of pyridine rings is 2. The SMILES string of the molecule is C=C([n+]1ccccc1)[n+]1ccccc1. The molecule has 0 fully saturated rings. The van der Waals surface area contributed by atoms with Crippen LogP contribution in [0.4, 0.5) is 0 Å². The quantitative estimate of drug-likeness (QED) is 0.616. The van der Waals surface area contributed by atoms with Crippen LogP contribution in [0.2, 0.25) is 0 Å². The van der Waals surface area contributed by atoms with E-state index in [-0.39, 0.29) is 0 Å². The van der Waals surface area contributed by atoms with E-state index < -0.39 is 0 Å². The molecule has 0 N–H and O–H groups in total. The lowest BCUT2D eigenvalue weighted by atomic mass is 10.4. The van der Waals surface area contributed by atoms with Gasteiger partial charge in [-0.15, -0.1) is 9.13 Å². The molecule has 0 saturated carbocycles. The van der Waals surface area contributed by atoms with Crippen LogP contribution < -0.4 is 9.13 Å². The van der Waals surface area contributed by atoms with Gasteiger partial charge in [0, 0.05) is 30.8 Å². The molecule has 0 atom stereocenters. The van der Waals surface area contributed by atoms with Crippen molar-refractivity contribution >= 4 is 0 Å². The van der Waals surface area contributed by atoms with Crippen LogP contribution in [0.25, 0.3) is 0 Å². The van der Waals surface area contributed by atoms with Gasteiger partial charge >= 0.3 is 5.82 Å². The molecule has 0 bridgehead atoms. The van der Waals surface area contributed by atoms with Crippen LogP contribution in [0.1, 0.15) is 0 Å². The number of hydrogen-bond acceptors (Lipinski definition) is 0. The summed E-state index contributed by atoms with van der Waals surface area (Å²) in [6, 6.07) is 11.9. The Morgan fingerprint density at radius 2 is 1.00 bits per heavy atom. The Labute approximate surface area is 83.4 Å². The molecule has 2 aromatic heterocycles. The Hall–Kier alpha value is -1.96. The smallest absolute Gasteiger partial charge is 0.112 e. The van der Waals surface area contributed by atoms with E-state index in [1.807, 2.05) is 70.3 Å². The van der Waals surface area contributed by atoms with E-state index in [4.69, 9.17) is 0 Å². The highest BCUT2D eigenvalue weighted by Gasteiger charge is 2.15. The molecule has 0 saturated heterocycles. The van der Waals surface area contributed by atoms with Crippen LogP contribution in [0.3, 0.4) is 0 Å². The summed E-state index contributed by atoms with van der Waals surface area (Å²) in [5.74, 6) is 0.909. The number of aromatic nitrogens is 2. The Bertz CT molecular complexity index is 379. The van der Waals surface area contributed by atoms with Crippen LogP contribution in [-0.4, -0.2) is 0 Å². The zero-order valence-corrected chi connectivity index (χ0v) is 7.88. The third-order valence-corrected chi connectivity index (χ3v) is 2.03. The van der Waals surface area contributed by atoms with Gasteiger partial charge in [-0.2, -0.15) is 0 Å². The van der Waals surface area contributed by atoms with Crippen molar-refractivity contribution in [2.24, 2.45) is 0 Å². The van der Waals surface area contributed by atoms with Crippen molar-refractivity contribution in [1.29, 1.82) is 0 Å². The third-order valence-electron chi connectivity index (χ3n) is 2.03. The molecule has 0 unspecified atom stereocenters. The van der Waals surface area contributed by atoms with Crippen LogP contribution in [0.5, 0.6) is 0 Å². The van der Waals surface area contributed by atoms with Crippen LogP contribution >= 0.6 is 0 Å². The van der Waals surface area contributed by atoms with Gasteiger partial charge < -0.3 is 0 Å². The second-order valence-corrected chi connectivity index (χ2v) is 2.98. The Morgan fingerprint density at radius 1 is 0.643 bits per heavy atom. The lowest BCUT2D eigenvalue weighted by Gasteiger charge is -1.92. The van der Waals surface area contributed by atoms with Crippen molar-refractivity contribution in [2.75, 3.05) is 0 Å². The van der Waals surface area contributed by atoms with Crippen LogP contribution in [0.15, 0.2) is 67.8 Å². The summed E-state index contributed by atoms with van der Waals surface area (Å²) < 4.78 is 3.94. The van der Waals surface area contributed by atoms with E-state index in [9.17, 15) is 0 Å². The number of hydrogen-bond donors (Lipinski definition) is 0.